The summed E-state index contributed by atoms with van der Waals surface area (Å²) in [5.41, 5.74) is 0. The number of nitrogens with zero attached hydrogens (tertiary/aromatic N) is 1. The fourth-order valence-electron chi connectivity index (χ4n) is 2.60. The van der Waals surface area contributed by atoms with Crippen LogP contribution in [0.15, 0.2) is 46.3 Å². The van der Waals surface area contributed by atoms with Gasteiger partial charge in [-0.25, -0.2) is 0 Å². The molecule has 1 unspecified atom stereocenters. The Balaban J connectivity index is 1.61. The van der Waals surface area contributed by atoms with Gasteiger partial charge in [0.2, 0.25) is 0 Å². The number of thiophene rings is 1. The number of hydrogen-bond acceptors (Lipinski definition) is 3. The summed E-state index contributed by atoms with van der Waals surface area (Å²) in [6, 6.07) is 11.9. The third-order valence-corrected chi connectivity index (χ3v) is 5.12. The van der Waals surface area contributed by atoms with Crippen LogP contribution in [0.2, 0.25) is 0 Å². The van der Waals surface area contributed by atoms with E-state index in [4.69, 9.17) is 4.74 Å². The molecule has 5 heteroatoms. The molecule has 0 radical (unpaired) electrons. The van der Waals surface area contributed by atoms with Crippen molar-refractivity contribution < 1.29 is 9.53 Å². The summed E-state index contributed by atoms with van der Waals surface area (Å²) >= 11 is 5.10. The number of benzene rings is 1. The fourth-order valence-corrected chi connectivity index (χ4v) is 3.74. The standard InChI is InChI=1S/C16H16BrNO2S/c17-12-5-7-13(8-6-12)20-11-16(19)18-9-1-3-14(18)15-4-2-10-21-15/h2,4-8,10,14H,1,3,9,11H2. The Morgan fingerprint density at radius 3 is 2.86 bits per heavy atom. The van der Waals surface area contributed by atoms with Crippen molar-refractivity contribution in [3.63, 3.8) is 0 Å². The van der Waals surface area contributed by atoms with Crippen LogP contribution in [0.1, 0.15) is 23.8 Å². The summed E-state index contributed by atoms with van der Waals surface area (Å²) < 4.78 is 6.59. The van der Waals surface area contributed by atoms with Gasteiger partial charge in [-0.2, -0.15) is 0 Å². The van der Waals surface area contributed by atoms with E-state index in [1.807, 2.05) is 35.2 Å². The van der Waals surface area contributed by atoms with E-state index in [-0.39, 0.29) is 18.6 Å². The summed E-state index contributed by atoms with van der Waals surface area (Å²) in [6.07, 6.45) is 2.11. The number of amides is 1. The van der Waals surface area contributed by atoms with Gasteiger partial charge in [0.1, 0.15) is 5.75 Å². The third-order valence-electron chi connectivity index (χ3n) is 3.62. The van der Waals surface area contributed by atoms with Crippen molar-refractivity contribution in [3.05, 3.63) is 51.1 Å². The molecule has 1 atom stereocenters. The zero-order valence-corrected chi connectivity index (χ0v) is 13.9. The zero-order valence-electron chi connectivity index (χ0n) is 11.5. The number of likely N-dealkylation sites (tertiary alicyclic amines) is 1. The van der Waals surface area contributed by atoms with Crippen LogP contribution in [0, 0.1) is 0 Å². The van der Waals surface area contributed by atoms with Crippen molar-refractivity contribution in [2.45, 2.75) is 18.9 Å². The molecule has 0 aliphatic carbocycles. The Morgan fingerprint density at radius 1 is 1.33 bits per heavy atom. The molecule has 1 saturated heterocycles. The van der Waals surface area contributed by atoms with Crippen molar-refractivity contribution in [2.24, 2.45) is 0 Å². The van der Waals surface area contributed by atoms with Crippen molar-refractivity contribution in [3.8, 4) is 5.75 Å². The molecule has 1 aliphatic heterocycles. The molecule has 1 aromatic carbocycles. The van der Waals surface area contributed by atoms with Crippen molar-refractivity contribution >= 4 is 33.2 Å². The second kappa shape index (κ2) is 6.62. The summed E-state index contributed by atoms with van der Waals surface area (Å²) in [5.74, 6) is 0.784. The van der Waals surface area contributed by atoms with E-state index >= 15 is 0 Å². The largest absolute Gasteiger partial charge is 0.484 e. The first-order valence-corrected chi connectivity index (χ1v) is 8.62. The van der Waals surface area contributed by atoms with E-state index < -0.39 is 0 Å². The molecular weight excluding hydrogens is 350 g/mol. The molecule has 3 rings (SSSR count). The maximum absolute atomic E-state index is 12.4. The van der Waals surface area contributed by atoms with Gasteiger partial charge in [-0.15, -0.1) is 11.3 Å². The molecule has 110 valence electrons. The summed E-state index contributed by atoms with van der Waals surface area (Å²) in [5, 5.41) is 2.06. The summed E-state index contributed by atoms with van der Waals surface area (Å²) in [7, 11) is 0. The molecule has 1 aromatic heterocycles. The molecule has 21 heavy (non-hydrogen) atoms. The minimum atomic E-state index is 0.0637. The molecule has 2 aromatic rings. The number of carbonyl (C=O) groups excluding carboxylic acids is 1. The third kappa shape index (κ3) is 3.47. The highest BCUT2D eigenvalue weighted by Gasteiger charge is 2.30. The molecule has 1 aliphatic rings. The van der Waals surface area contributed by atoms with Crippen molar-refractivity contribution in [2.75, 3.05) is 13.2 Å². The highest BCUT2D eigenvalue weighted by atomic mass is 79.9. The van der Waals surface area contributed by atoms with Gasteiger partial charge >= 0.3 is 0 Å². The predicted molar refractivity (Wildman–Crippen MR) is 87.6 cm³/mol. The molecule has 0 bridgehead atoms. The maximum atomic E-state index is 12.4. The molecular formula is C16H16BrNO2S. The highest BCUT2D eigenvalue weighted by molar-refractivity contribution is 9.10. The zero-order chi connectivity index (χ0) is 14.7. The maximum Gasteiger partial charge on any atom is 0.261 e. The average molecular weight is 366 g/mol. The highest BCUT2D eigenvalue weighted by Crippen LogP contribution is 2.34. The van der Waals surface area contributed by atoms with E-state index in [1.165, 1.54) is 4.88 Å². The van der Waals surface area contributed by atoms with Gasteiger partial charge in [0.15, 0.2) is 6.61 Å². The van der Waals surface area contributed by atoms with Crippen molar-refractivity contribution in [1.82, 2.24) is 4.90 Å². The van der Waals surface area contributed by atoms with Gasteiger partial charge < -0.3 is 9.64 Å². The average Bonchev–Trinajstić information content (AvgIpc) is 3.16. The molecule has 3 nitrogen and oxygen atoms in total. The van der Waals surface area contributed by atoms with Gasteiger partial charge in [-0.3, -0.25) is 4.79 Å². The first-order chi connectivity index (χ1) is 10.2. The topological polar surface area (TPSA) is 29.5 Å². The van der Waals surface area contributed by atoms with Crippen LogP contribution in [0.3, 0.4) is 0 Å². The predicted octanol–water partition coefficient (Wildman–Crippen LogP) is 4.25. The quantitative estimate of drug-likeness (QED) is 0.810. The Hall–Kier alpha value is -1.33. The lowest BCUT2D eigenvalue weighted by atomic mass is 10.2. The number of hydrogen-bond donors (Lipinski definition) is 0. The first kappa shape index (κ1) is 14.6. The lowest BCUT2D eigenvalue weighted by Crippen LogP contribution is -2.34. The van der Waals surface area contributed by atoms with Gasteiger partial charge in [-0.05, 0) is 48.6 Å². The molecule has 0 spiro atoms. The van der Waals surface area contributed by atoms with Crippen LogP contribution >= 0.6 is 27.3 Å². The SMILES string of the molecule is O=C(COc1ccc(Br)cc1)N1CCCC1c1cccs1. The van der Waals surface area contributed by atoms with E-state index in [9.17, 15) is 4.79 Å². The minimum Gasteiger partial charge on any atom is -0.484 e. The molecule has 1 fully saturated rings. The van der Waals surface area contributed by atoms with Crippen LogP contribution in [0.25, 0.3) is 0 Å². The normalized spacial score (nSPS) is 18.0. The number of halogens is 1. The van der Waals surface area contributed by atoms with Gasteiger partial charge in [0.05, 0.1) is 6.04 Å². The molecule has 1 amide bonds. The van der Waals surface area contributed by atoms with Gasteiger partial charge in [-0.1, -0.05) is 22.0 Å². The van der Waals surface area contributed by atoms with Crippen molar-refractivity contribution in [1.29, 1.82) is 0 Å². The molecule has 0 N–H and O–H groups in total. The Morgan fingerprint density at radius 2 is 2.14 bits per heavy atom. The van der Waals surface area contributed by atoms with E-state index in [0.29, 0.717) is 0 Å². The second-order valence-corrected chi connectivity index (χ2v) is 6.90. The second-order valence-electron chi connectivity index (χ2n) is 5.00. The fraction of sp³-hybridized carbons (Fsp3) is 0.312. The monoisotopic (exact) mass is 365 g/mol. The van der Waals surface area contributed by atoms with Crippen LogP contribution in [-0.2, 0) is 4.79 Å². The van der Waals surface area contributed by atoms with Crippen LogP contribution in [0.4, 0.5) is 0 Å². The Bertz CT molecular complexity index is 597. The molecule has 0 saturated carbocycles. The Labute approximate surface area is 136 Å². The summed E-state index contributed by atoms with van der Waals surface area (Å²) in [4.78, 5) is 15.6. The number of carbonyl (C=O) groups is 1. The lowest BCUT2D eigenvalue weighted by molar-refractivity contribution is -0.134. The number of ether oxygens (including phenoxy) is 1. The van der Waals surface area contributed by atoms with Crippen LogP contribution in [-0.4, -0.2) is 24.0 Å². The van der Waals surface area contributed by atoms with Crippen LogP contribution < -0.4 is 4.74 Å². The van der Waals surface area contributed by atoms with E-state index in [2.05, 4.69) is 27.4 Å². The van der Waals surface area contributed by atoms with Crippen LogP contribution in [0.5, 0.6) is 5.75 Å². The van der Waals surface area contributed by atoms with Gasteiger partial charge in [0, 0.05) is 15.9 Å². The lowest BCUT2D eigenvalue weighted by Gasteiger charge is -2.23. The molecule has 2 heterocycles. The summed E-state index contributed by atoms with van der Waals surface area (Å²) in [6.45, 7) is 0.925. The van der Waals surface area contributed by atoms with Gasteiger partial charge in [0.25, 0.3) is 5.91 Å². The Kier molecular flexibility index (Phi) is 4.60. The first-order valence-electron chi connectivity index (χ1n) is 6.95. The minimum absolute atomic E-state index is 0.0637. The van der Waals surface area contributed by atoms with E-state index in [0.717, 1.165) is 29.6 Å². The smallest absolute Gasteiger partial charge is 0.261 e. The van der Waals surface area contributed by atoms with E-state index in [1.54, 1.807) is 11.3 Å². The number of rotatable bonds is 4.